The van der Waals surface area contributed by atoms with E-state index in [-0.39, 0.29) is 11.6 Å². The van der Waals surface area contributed by atoms with E-state index in [1.54, 1.807) is 0 Å². The number of nitrogens with zero attached hydrogens (tertiary/aromatic N) is 3. The molecule has 20 heavy (non-hydrogen) atoms. The molecular weight excluding hydrogens is 270 g/mol. The largest absolute Gasteiger partial charge is 0.394 e. The number of aromatic nitrogens is 2. The lowest BCUT2D eigenvalue weighted by Gasteiger charge is -2.29. The number of nitrogens with one attached hydrogen (secondary N) is 1. The average Bonchev–Trinajstić information content (AvgIpc) is 2.90. The first-order valence-electron chi connectivity index (χ1n) is 6.00. The third-order valence-corrected chi connectivity index (χ3v) is 3.43. The SMILES string of the molecule is Nc1ncnc2c1NC(O)N2[C@@H]1O[C@H](CO)C(O)C1O. The summed E-state index contributed by atoms with van der Waals surface area (Å²) in [6, 6.07) is 0. The molecule has 0 aliphatic carbocycles. The van der Waals surface area contributed by atoms with Crippen LogP contribution >= 0.6 is 0 Å². The van der Waals surface area contributed by atoms with Gasteiger partial charge in [-0.3, -0.25) is 4.90 Å². The van der Waals surface area contributed by atoms with Crippen LogP contribution in [-0.2, 0) is 4.74 Å². The Balaban J connectivity index is 1.94. The highest BCUT2D eigenvalue weighted by molar-refractivity contribution is 5.80. The summed E-state index contributed by atoms with van der Waals surface area (Å²) in [7, 11) is 0. The van der Waals surface area contributed by atoms with Gasteiger partial charge >= 0.3 is 0 Å². The molecule has 3 rings (SSSR count). The molecule has 5 atom stereocenters. The Kier molecular flexibility index (Phi) is 3.11. The van der Waals surface area contributed by atoms with Crippen molar-refractivity contribution in [2.45, 2.75) is 30.9 Å². The summed E-state index contributed by atoms with van der Waals surface area (Å²) in [6.45, 7) is -0.454. The fourth-order valence-electron chi connectivity index (χ4n) is 2.41. The molecule has 0 bridgehead atoms. The van der Waals surface area contributed by atoms with E-state index < -0.39 is 37.5 Å². The second-order valence-electron chi connectivity index (χ2n) is 4.61. The van der Waals surface area contributed by atoms with Gasteiger partial charge in [-0.05, 0) is 0 Å². The minimum Gasteiger partial charge on any atom is -0.394 e. The smallest absolute Gasteiger partial charge is 0.208 e. The zero-order chi connectivity index (χ0) is 14.4. The maximum atomic E-state index is 10.0. The Bertz CT molecular complexity index is 517. The molecule has 1 aromatic heterocycles. The minimum absolute atomic E-state index is 0.142. The van der Waals surface area contributed by atoms with Crippen LogP contribution in [0.1, 0.15) is 0 Å². The van der Waals surface area contributed by atoms with Gasteiger partial charge in [-0.15, -0.1) is 0 Å². The van der Waals surface area contributed by atoms with Crippen molar-refractivity contribution in [3.8, 4) is 0 Å². The molecule has 110 valence electrons. The zero-order valence-electron chi connectivity index (χ0n) is 10.3. The number of ether oxygens (including phenoxy) is 1. The molecule has 0 radical (unpaired) electrons. The van der Waals surface area contributed by atoms with Gasteiger partial charge in [0.2, 0.25) is 6.35 Å². The van der Waals surface area contributed by atoms with Crippen LogP contribution in [0.25, 0.3) is 0 Å². The first kappa shape index (κ1) is 13.3. The first-order valence-corrected chi connectivity index (χ1v) is 6.00. The van der Waals surface area contributed by atoms with Gasteiger partial charge in [0.05, 0.1) is 6.61 Å². The lowest BCUT2D eigenvalue weighted by molar-refractivity contribution is -0.0319. The van der Waals surface area contributed by atoms with Crippen molar-refractivity contribution in [2.75, 3.05) is 22.6 Å². The minimum atomic E-state index is -1.31. The lowest BCUT2D eigenvalue weighted by Crippen LogP contribution is -2.49. The van der Waals surface area contributed by atoms with E-state index in [1.807, 2.05) is 0 Å². The molecule has 2 aliphatic heterocycles. The number of anilines is 3. The number of rotatable bonds is 2. The molecule has 1 saturated heterocycles. The molecule has 7 N–H and O–H groups in total. The molecule has 10 nitrogen and oxygen atoms in total. The summed E-state index contributed by atoms with van der Waals surface area (Å²) < 4.78 is 5.36. The summed E-state index contributed by atoms with van der Waals surface area (Å²) >= 11 is 0. The molecule has 0 saturated carbocycles. The van der Waals surface area contributed by atoms with Crippen LogP contribution in [0.15, 0.2) is 6.33 Å². The third kappa shape index (κ3) is 1.77. The predicted octanol–water partition coefficient (Wildman–Crippen LogP) is -2.99. The third-order valence-electron chi connectivity index (χ3n) is 3.43. The van der Waals surface area contributed by atoms with Crippen LogP contribution in [0, 0.1) is 0 Å². The molecule has 0 aromatic carbocycles. The van der Waals surface area contributed by atoms with Gasteiger partial charge in [0.15, 0.2) is 17.9 Å². The summed E-state index contributed by atoms with van der Waals surface area (Å²) in [5, 5.41) is 41.5. The van der Waals surface area contributed by atoms with E-state index in [0.717, 1.165) is 0 Å². The van der Waals surface area contributed by atoms with E-state index in [9.17, 15) is 15.3 Å². The van der Waals surface area contributed by atoms with Crippen LogP contribution in [-0.4, -0.2) is 67.9 Å². The Morgan fingerprint density at radius 2 is 2.05 bits per heavy atom. The van der Waals surface area contributed by atoms with Gasteiger partial charge in [-0.25, -0.2) is 9.97 Å². The van der Waals surface area contributed by atoms with Gasteiger partial charge in [-0.2, -0.15) is 0 Å². The molecule has 3 unspecified atom stereocenters. The molecule has 3 heterocycles. The van der Waals surface area contributed by atoms with Gasteiger partial charge in [0.25, 0.3) is 0 Å². The summed E-state index contributed by atoms with van der Waals surface area (Å²) in [6.07, 6.45) is -4.62. The summed E-state index contributed by atoms with van der Waals surface area (Å²) in [5.41, 5.74) is 5.98. The Morgan fingerprint density at radius 1 is 1.30 bits per heavy atom. The highest BCUT2D eigenvalue weighted by Crippen LogP contribution is 2.39. The number of fused-ring (bicyclic) bond motifs is 1. The average molecular weight is 285 g/mol. The van der Waals surface area contributed by atoms with Crippen LogP contribution < -0.4 is 16.0 Å². The van der Waals surface area contributed by atoms with E-state index >= 15 is 0 Å². The second kappa shape index (κ2) is 4.68. The van der Waals surface area contributed by atoms with Crippen molar-refractivity contribution < 1.29 is 25.2 Å². The molecule has 10 heteroatoms. The molecule has 0 amide bonds. The summed E-state index contributed by atoms with van der Waals surface area (Å²) in [5.74, 6) is 0.392. The Labute approximate surface area is 113 Å². The van der Waals surface area contributed by atoms with E-state index in [4.69, 9.17) is 15.6 Å². The number of nitrogen functional groups attached to an aromatic ring is 1. The quantitative estimate of drug-likeness (QED) is 0.331. The molecule has 2 aliphatic rings. The zero-order valence-corrected chi connectivity index (χ0v) is 10.3. The fourth-order valence-corrected chi connectivity index (χ4v) is 2.41. The van der Waals surface area contributed by atoms with Crippen LogP contribution in [0.3, 0.4) is 0 Å². The highest BCUT2D eigenvalue weighted by atomic mass is 16.6. The first-order chi connectivity index (χ1) is 9.54. The summed E-state index contributed by atoms with van der Waals surface area (Å²) in [4.78, 5) is 9.00. The number of aliphatic hydroxyl groups excluding tert-OH is 4. The maximum Gasteiger partial charge on any atom is 0.208 e. The van der Waals surface area contributed by atoms with Crippen molar-refractivity contribution in [3.63, 3.8) is 0 Å². The number of hydrogen-bond acceptors (Lipinski definition) is 10. The number of hydrogen-bond donors (Lipinski definition) is 6. The maximum absolute atomic E-state index is 10.0. The van der Waals surface area contributed by atoms with Gasteiger partial charge in [0.1, 0.15) is 30.3 Å². The second-order valence-corrected chi connectivity index (χ2v) is 4.61. The number of aliphatic hydroxyl groups is 4. The van der Waals surface area contributed by atoms with Crippen molar-refractivity contribution >= 4 is 17.3 Å². The van der Waals surface area contributed by atoms with Crippen LogP contribution in [0.5, 0.6) is 0 Å². The van der Waals surface area contributed by atoms with Crippen molar-refractivity contribution in [3.05, 3.63) is 6.33 Å². The topological polar surface area (TPSA) is 157 Å². The molecule has 0 spiro atoms. The number of nitrogens with two attached hydrogens (primary N) is 1. The van der Waals surface area contributed by atoms with E-state index in [0.29, 0.717) is 5.69 Å². The van der Waals surface area contributed by atoms with Crippen molar-refractivity contribution in [1.29, 1.82) is 0 Å². The van der Waals surface area contributed by atoms with Gasteiger partial charge in [0, 0.05) is 0 Å². The molecule has 1 fully saturated rings. The van der Waals surface area contributed by atoms with Gasteiger partial charge < -0.3 is 36.2 Å². The Morgan fingerprint density at radius 3 is 2.70 bits per heavy atom. The van der Waals surface area contributed by atoms with Crippen molar-refractivity contribution in [2.24, 2.45) is 0 Å². The van der Waals surface area contributed by atoms with Gasteiger partial charge in [-0.1, -0.05) is 0 Å². The lowest BCUT2D eigenvalue weighted by atomic mass is 10.1. The highest BCUT2D eigenvalue weighted by Gasteiger charge is 2.49. The van der Waals surface area contributed by atoms with Crippen molar-refractivity contribution in [1.82, 2.24) is 9.97 Å². The van der Waals surface area contributed by atoms with E-state index in [2.05, 4.69) is 15.3 Å². The Hall–Kier alpha value is -1.72. The standard InChI is InChI=1S/C10H15N5O5/c11-7-4-8(13-2-12-7)15(10(19)14-4)9-6(18)5(17)3(1-16)20-9/h2-3,5-6,9-10,14,16-19H,1H2,(H2,11,12,13)/t3-,5?,6?,9-,10?/m1/s1. The normalized spacial score (nSPS) is 36.0. The molecule has 1 aromatic rings. The monoisotopic (exact) mass is 285 g/mol. The predicted molar refractivity (Wildman–Crippen MR) is 66.3 cm³/mol. The van der Waals surface area contributed by atoms with Crippen LogP contribution in [0.4, 0.5) is 17.3 Å². The fraction of sp³-hybridized carbons (Fsp3) is 0.600. The van der Waals surface area contributed by atoms with E-state index in [1.165, 1.54) is 11.2 Å². The molecular formula is C10H15N5O5. The van der Waals surface area contributed by atoms with Crippen LogP contribution in [0.2, 0.25) is 0 Å².